The van der Waals surface area contributed by atoms with E-state index in [-0.39, 0.29) is 22.0 Å². The molecule has 9 nitrogen and oxygen atoms in total. The summed E-state index contributed by atoms with van der Waals surface area (Å²) >= 11 is 5.92. The number of hydrogen-bond acceptors (Lipinski definition) is 7. The number of carbonyl (C=O) groups excluding carboxylic acids is 2. The van der Waals surface area contributed by atoms with Gasteiger partial charge in [-0.05, 0) is 30.7 Å². The number of nitro groups is 1. The number of unbranched alkanes of at least 4 members (excludes halogenated alkanes) is 1. The number of anilines is 1. The van der Waals surface area contributed by atoms with Crippen molar-refractivity contribution in [2.45, 2.75) is 19.8 Å². The maximum absolute atomic E-state index is 12.2. The van der Waals surface area contributed by atoms with Gasteiger partial charge < -0.3 is 19.5 Å². The highest BCUT2D eigenvalue weighted by molar-refractivity contribution is 6.34. The summed E-state index contributed by atoms with van der Waals surface area (Å²) in [5, 5.41) is 13.1. The van der Waals surface area contributed by atoms with Gasteiger partial charge >= 0.3 is 5.97 Å². The van der Waals surface area contributed by atoms with E-state index in [4.69, 9.17) is 25.8 Å². The molecule has 2 aromatic rings. The van der Waals surface area contributed by atoms with Crippen LogP contribution in [-0.2, 0) is 9.53 Å². The summed E-state index contributed by atoms with van der Waals surface area (Å²) in [4.78, 5) is 34.4. The van der Waals surface area contributed by atoms with Crippen LogP contribution in [-0.4, -0.2) is 37.1 Å². The van der Waals surface area contributed by atoms with E-state index >= 15 is 0 Å². The number of benzene rings is 2. The van der Waals surface area contributed by atoms with E-state index < -0.39 is 23.4 Å². The second kappa shape index (κ2) is 11.0. The minimum absolute atomic E-state index is 0.00715. The largest absolute Gasteiger partial charge is 0.493 e. The molecule has 0 radical (unpaired) electrons. The van der Waals surface area contributed by atoms with Crippen molar-refractivity contribution >= 4 is 34.9 Å². The van der Waals surface area contributed by atoms with E-state index in [0.29, 0.717) is 18.1 Å². The van der Waals surface area contributed by atoms with Crippen molar-refractivity contribution in [1.82, 2.24) is 0 Å². The van der Waals surface area contributed by atoms with Gasteiger partial charge in [0, 0.05) is 12.1 Å². The molecule has 0 aliphatic rings. The molecular formula is C20H21ClN2O7. The van der Waals surface area contributed by atoms with Crippen LogP contribution in [0.5, 0.6) is 11.5 Å². The van der Waals surface area contributed by atoms with Gasteiger partial charge in [0.1, 0.15) is 0 Å². The summed E-state index contributed by atoms with van der Waals surface area (Å²) in [7, 11) is 1.46. The highest BCUT2D eigenvalue weighted by Crippen LogP contribution is 2.29. The van der Waals surface area contributed by atoms with Crippen molar-refractivity contribution in [1.29, 1.82) is 0 Å². The molecule has 10 heteroatoms. The first kappa shape index (κ1) is 23.0. The molecule has 0 spiro atoms. The third-order valence-corrected chi connectivity index (χ3v) is 4.24. The highest BCUT2D eigenvalue weighted by Gasteiger charge is 2.16. The molecule has 2 rings (SSSR count). The Morgan fingerprint density at radius 2 is 1.93 bits per heavy atom. The minimum atomic E-state index is -0.724. The minimum Gasteiger partial charge on any atom is -0.493 e. The molecular weight excluding hydrogens is 416 g/mol. The van der Waals surface area contributed by atoms with Gasteiger partial charge in [-0.2, -0.15) is 0 Å². The van der Waals surface area contributed by atoms with Crippen LogP contribution in [0.15, 0.2) is 36.4 Å². The van der Waals surface area contributed by atoms with Crippen molar-refractivity contribution in [2.75, 3.05) is 25.6 Å². The predicted octanol–water partition coefficient (Wildman–Crippen LogP) is 4.23. The fraction of sp³-hybridized carbons (Fsp3) is 0.300. The molecule has 0 heterocycles. The van der Waals surface area contributed by atoms with E-state index in [1.807, 2.05) is 6.92 Å². The number of non-ortho nitro benzene ring substituents is 1. The molecule has 0 fully saturated rings. The summed E-state index contributed by atoms with van der Waals surface area (Å²) in [6.45, 7) is 2.01. The topological polar surface area (TPSA) is 117 Å². The Labute approximate surface area is 178 Å². The van der Waals surface area contributed by atoms with Crippen molar-refractivity contribution in [3.05, 3.63) is 57.1 Å². The maximum atomic E-state index is 12.2. The second-order valence-electron chi connectivity index (χ2n) is 6.11. The van der Waals surface area contributed by atoms with Crippen LogP contribution in [0.25, 0.3) is 0 Å². The third kappa shape index (κ3) is 6.35. The molecule has 30 heavy (non-hydrogen) atoms. The van der Waals surface area contributed by atoms with E-state index in [1.54, 1.807) is 6.07 Å². The molecule has 0 bridgehead atoms. The monoisotopic (exact) mass is 436 g/mol. The fourth-order valence-electron chi connectivity index (χ4n) is 2.36. The van der Waals surface area contributed by atoms with Crippen molar-refractivity contribution in [3.8, 4) is 11.5 Å². The van der Waals surface area contributed by atoms with E-state index in [0.717, 1.165) is 18.9 Å². The first-order valence-corrected chi connectivity index (χ1v) is 9.45. The number of methoxy groups -OCH3 is 1. The van der Waals surface area contributed by atoms with Gasteiger partial charge in [-0.25, -0.2) is 4.79 Å². The molecule has 0 atom stereocenters. The quantitative estimate of drug-likeness (QED) is 0.256. The first-order valence-electron chi connectivity index (χ1n) is 9.07. The fourth-order valence-corrected chi connectivity index (χ4v) is 2.58. The zero-order chi connectivity index (χ0) is 22.1. The Bertz CT molecular complexity index is 933. The van der Waals surface area contributed by atoms with Gasteiger partial charge in [0.15, 0.2) is 18.1 Å². The molecule has 0 saturated carbocycles. The molecule has 0 aromatic heterocycles. The number of hydrogen-bond donors (Lipinski definition) is 1. The average molecular weight is 437 g/mol. The van der Waals surface area contributed by atoms with Crippen LogP contribution in [0.3, 0.4) is 0 Å². The summed E-state index contributed by atoms with van der Waals surface area (Å²) in [6, 6.07) is 8.18. The SMILES string of the molecule is CCCCOc1ccc(C(=O)OCC(=O)Nc2ccc([N+](=O)[O-])cc2Cl)cc1OC. The molecule has 160 valence electrons. The summed E-state index contributed by atoms with van der Waals surface area (Å²) in [5.41, 5.74) is 0.148. The Hall–Kier alpha value is -3.33. The second-order valence-corrected chi connectivity index (χ2v) is 6.52. The Balaban J connectivity index is 1.95. The molecule has 2 aromatic carbocycles. The predicted molar refractivity (Wildman–Crippen MR) is 110 cm³/mol. The van der Waals surface area contributed by atoms with E-state index in [1.165, 1.54) is 31.4 Å². The standard InChI is InChI=1S/C20H21ClN2O7/c1-3-4-9-29-17-8-5-13(10-18(17)28-2)20(25)30-12-19(24)22-16-7-6-14(23(26)27)11-15(16)21/h5-8,10-11H,3-4,9,12H2,1-2H3,(H,22,24). The normalized spacial score (nSPS) is 10.2. The lowest BCUT2D eigenvalue weighted by Gasteiger charge is -2.12. The molecule has 0 aliphatic heterocycles. The Morgan fingerprint density at radius 1 is 1.17 bits per heavy atom. The molecule has 0 saturated heterocycles. The molecule has 0 aliphatic carbocycles. The number of nitro benzene ring substituents is 1. The number of nitrogens with one attached hydrogen (secondary N) is 1. The van der Waals surface area contributed by atoms with E-state index in [2.05, 4.69) is 5.32 Å². The summed E-state index contributed by atoms with van der Waals surface area (Å²) in [5.74, 6) is -0.486. The van der Waals surface area contributed by atoms with Crippen LogP contribution < -0.4 is 14.8 Å². The number of nitrogens with zero attached hydrogens (tertiary/aromatic N) is 1. The average Bonchev–Trinajstić information content (AvgIpc) is 2.73. The van der Waals surface area contributed by atoms with Gasteiger partial charge in [-0.15, -0.1) is 0 Å². The van der Waals surface area contributed by atoms with E-state index in [9.17, 15) is 19.7 Å². The number of carbonyl (C=O) groups is 2. The highest BCUT2D eigenvalue weighted by atomic mass is 35.5. The lowest BCUT2D eigenvalue weighted by atomic mass is 10.2. The number of ether oxygens (including phenoxy) is 3. The van der Waals surface area contributed by atoms with Gasteiger partial charge in [-0.3, -0.25) is 14.9 Å². The molecule has 0 unspecified atom stereocenters. The number of halogens is 1. The summed E-state index contributed by atoms with van der Waals surface area (Å²) in [6.07, 6.45) is 1.88. The zero-order valence-corrected chi connectivity index (χ0v) is 17.2. The number of amides is 1. The first-order chi connectivity index (χ1) is 14.3. The van der Waals surface area contributed by atoms with Gasteiger partial charge in [0.2, 0.25) is 0 Å². The lowest BCUT2D eigenvalue weighted by Crippen LogP contribution is -2.21. The number of rotatable bonds is 10. The zero-order valence-electron chi connectivity index (χ0n) is 16.5. The van der Waals surface area contributed by atoms with Crippen LogP contribution in [0, 0.1) is 10.1 Å². The lowest BCUT2D eigenvalue weighted by molar-refractivity contribution is -0.384. The van der Waals surface area contributed by atoms with Gasteiger partial charge in [0.25, 0.3) is 11.6 Å². The van der Waals surface area contributed by atoms with Crippen molar-refractivity contribution in [2.24, 2.45) is 0 Å². The van der Waals surface area contributed by atoms with Crippen LogP contribution in [0.2, 0.25) is 5.02 Å². The smallest absolute Gasteiger partial charge is 0.338 e. The van der Waals surface area contributed by atoms with Crippen LogP contribution in [0.1, 0.15) is 30.1 Å². The Kier molecular flexibility index (Phi) is 8.42. The van der Waals surface area contributed by atoms with Gasteiger partial charge in [0.05, 0.1) is 34.9 Å². The molecule has 1 N–H and O–H groups in total. The maximum Gasteiger partial charge on any atom is 0.338 e. The van der Waals surface area contributed by atoms with Crippen LogP contribution >= 0.6 is 11.6 Å². The Morgan fingerprint density at radius 3 is 2.57 bits per heavy atom. The summed E-state index contributed by atoms with van der Waals surface area (Å²) < 4.78 is 15.8. The van der Waals surface area contributed by atoms with Crippen molar-refractivity contribution < 1.29 is 28.7 Å². The molecule has 1 amide bonds. The van der Waals surface area contributed by atoms with Crippen molar-refractivity contribution in [3.63, 3.8) is 0 Å². The third-order valence-electron chi connectivity index (χ3n) is 3.93. The van der Waals surface area contributed by atoms with Gasteiger partial charge in [-0.1, -0.05) is 24.9 Å². The van der Waals surface area contributed by atoms with Crippen LogP contribution in [0.4, 0.5) is 11.4 Å². The number of esters is 1.